The number of fused-ring (bicyclic) bond motifs is 2. The van der Waals surface area contributed by atoms with E-state index in [-0.39, 0.29) is 11.8 Å². The molecule has 2 atom stereocenters. The van der Waals surface area contributed by atoms with Gasteiger partial charge in [-0.05, 0) is 82.1 Å². The van der Waals surface area contributed by atoms with Crippen molar-refractivity contribution < 1.29 is 19.1 Å². The maximum Gasteiger partial charge on any atom is 0.340 e. The summed E-state index contributed by atoms with van der Waals surface area (Å²) in [6, 6.07) is 11.4. The molecule has 0 N–H and O–H groups in total. The quantitative estimate of drug-likeness (QED) is 0.535. The van der Waals surface area contributed by atoms with Crippen molar-refractivity contribution in [1.29, 1.82) is 0 Å². The van der Waals surface area contributed by atoms with Gasteiger partial charge in [-0.25, -0.2) is 9.59 Å². The molecular formula is C25H26O4. The molecule has 0 saturated heterocycles. The van der Waals surface area contributed by atoms with Gasteiger partial charge < -0.3 is 9.47 Å². The first-order valence-electron chi connectivity index (χ1n) is 10.2. The lowest BCUT2D eigenvalue weighted by molar-refractivity contribution is -0.133. The van der Waals surface area contributed by atoms with Crippen molar-refractivity contribution in [2.24, 2.45) is 11.8 Å². The van der Waals surface area contributed by atoms with Gasteiger partial charge >= 0.3 is 11.9 Å². The smallest absolute Gasteiger partial charge is 0.340 e. The lowest BCUT2D eigenvalue weighted by atomic mass is 9.91. The second kappa shape index (κ2) is 7.51. The normalized spacial score (nSPS) is 20.1. The van der Waals surface area contributed by atoms with Crippen LogP contribution in [0.1, 0.15) is 41.5 Å². The minimum Gasteiger partial charge on any atom is -0.423 e. The molecule has 0 amide bonds. The molecule has 4 nitrogen and oxygen atoms in total. The topological polar surface area (TPSA) is 52.6 Å². The van der Waals surface area contributed by atoms with E-state index in [1.165, 1.54) is 0 Å². The van der Waals surface area contributed by atoms with Crippen molar-refractivity contribution in [2.45, 2.75) is 47.0 Å². The summed E-state index contributed by atoms with van der Waals surface area (Å²) in [5, 5.41) is 0. The first-order chi connectivity index (χ1) is 13.8. The Morgan fingerprint density at radius 2 is 1.14 bits per heavy atom. The van der Waals surface area contributed by atoms with Crippen LogP contribution < -0.4 is 9.47 Å². The lowest BCUT2D eigenvalue weighted by Gasteiger charge is -2.19. The van der Waals surface area contributed by atoms with Crippen LogP contribution in [0.25, 0.3) is 0 Å². The molecule has 1 saturated carbocycles. The summed E-state index contributed by atoms with van der Waals surface area (Å²) in [6.07, 6.45) is 2.67. The molecule has 0 aromatic heterocycles. The summed E-state index contributed by atoms with van der Waals surface area (Å²) in [6.45, 7) is 7.83. The van der Waals surface area contributed by atoms with Crippen LogP contribution in [0.3, 0.4) is 0 Å². The molecule has 0 aliphatic heterocycles. The molecule has 150 valence electrons. The van der Waals surface area contributed by atoms with Crippen LogP contribution >= 0.6 is 0 Å². The molecule has 2 aliphatic rings. The Balaban J connectivity index is 1.62. The minimum atomic E-state index is -0.420. The van der Waals surface area contributed by atoms with Crippen LogP contribution in [-0.4, -0.2) is 11.9 Å². The molecule has 4 heteroatoms. The van der Waals surface area contributed by atoms with Gasteiger partial charge in [0.2, 0.25) is 0 Å². The second-order valence-corrected chi connectivity index (χ2v) is 8.35. The number of esters is 2. The van der Waals surface area contributed by atoms with Gasteiger partial charge in [0.15, 0.2) is 0 Å². The highest BCUT2D eigenvalue weighted by Gasteiger charge is 2.46. The van der Waals surface area contributed by atoms with Crippen molar-refractivity contribution in [3.05, 3.63) is 69.8 Å². The van der Waals surface area contributed by atoms with Crippen LogP contribution in [0.15, 0.2) is 47.5 Å². The van der Waals surface area contributed by atoms with E-state index in [9.17, 15) is 9.59 Å². The summed E-state index contributed by atoms with van der Waals surface area (Å²) in [4.78, 5) is 26.1. The highest BCUT2D eigenvalue weighted by atomic mass is 16.5. The van der Waals surface area contributed by atoms with Gasteiger partial charge in [0.1, 0.15) is 11.5 Å². The Bertz CT molecular complexity index is 950. The van der Waals surface area contributed by atoms with E-state index in [1.807, 2.05) is 64.1 Å². The number of ether oxygens (including phenoxy) is 2. The Labute approximate surface area is 171 Å². The largest absolute Gasteiger partial charge is 0.423 e. The molecule has 2 aliphatic carbocycles. The van der Waals surface area contributed by atoms with Crippen LogP contribution in [0.5, 0.6) is 11.5 Å². The summed E-state index contributed by atoms with van der Waals surface area (Å²) in [7, 11) is 0. The van der Waals surface area contributed by atoms with Gasteiger partial charge in [0.05, 0.1) is 11.1 Å². The second-order valence-electron chi connectivity index (χ2n) is 8.35. The first-order valence-corrected chi connectivity index (χ1v) is 10.2. The number of hydrogen-bond donors (Lipinski definition) is 0. The highest BCUT2D eigenvalue weighted by Crippen LogP contribution is 2.49. The Morgan fingerprint density at radius 3 is 1.52 bits per heavy atom. The van der Waals surface area contributed by atoms with Crippen molar-refractivity contribution in [3.63, 3.8) is 0 Å². The Kier molecular flexibility index (Phi) is 5.03. The van der Waals surface area contributed by atoms with E-state index in [4.69, 9.17) is 9.47 Å². The van der Waals surface area contributed by atoms with Crippen LogP contribution in [-0.2, 0) is 9.59 Å². The average Bonchev–Trinajstić information content (AvgIpc) is 3.27. The number of aryl methyl sites for hydroxylation is 4. The van der Waals surface area contributed by atoms with Gasteiger partial charge in [-0.2, -0.15) is 0 Å². The van der Waals surface area contributed by atoms with E-state index in [0.29, 0.717) is 22.6 Å². The fourth-order valence-corrected chi connectivity index (χ4v) is 4.64. The SMILES string of the molecule is Cc1ccc(OC(=O)C2=C(C(=O)Oc3ccc(C)cc3C)C3CCC2C3)c(C)c1. The molecule has 2 unspecified atom stereocenters. The maximum atomic E-state index is 13.0. The van der Waals surface area contributed by atoms with Gasteiger partial charge in [0.25, 0.3) is 0 Å². The van der Waals surface area contributed by atoms with Gasteiger partial charge in [-0.3, -0.25) is 0 Å². The first kappa shape index (κ1) is 19.4. The standard InChI is InChI=1S/C25H26O4/c1-14-5-9-20(16(3)11-14)28-24(26)22-18-7-8-19(13-18)23(22)25(27)29-21-10-6-15(2)12-17(21)4/h5-6,9-12,18-19H,7-8,13H2,1-4H3. The molecule has 0 radical (unpaired) electrons. The van der Waals surface area contributed by atoms with Crippen molar-refractivity contribution in [3.8, 4) is 11.5 Å². The van der Waals surface area contributed by atoms with Gasteiger partial charge in [0, 0.05) is 0 Å². The van der Waals surface area contributed by atoms with Crippen molar-refractivity contribution in [2.75, 3.05) is 0 Å². The zero-order valence-corrected chi connectivity index (χ0v) is 17.4. The molecule has 2 bridgehead atoms. The van der Waals surface area contributed by atoms with Gasteiger partial charge in [-0.15, -0.1) is 0 Å². The van der Waals surface area contributed by atoms with E-state index < -0.39 is 11.9 Å². The zero-order valence-electron chi connectivity index (χ0n) is 17.4. The summed E-state index contributed by atoms with van der Waals surface area (Å²) >= 11 is 0. The van der Waals surface area contributed by atoms with Crippen LogP contribution in [0.4, 0.5) is 0 Å². The Hall–Kier alpha value is -2.88. The molecular weight excluding hydrogens is 364 g/mol. The van der Waals surface area contributed by atoms with E-state index in [1.54, 1.807) is 0 Å². The summed E-state index contributed by atoms with van der Waals surface area (Å²) in [5.41, 5.74) is 5.05. The Morgan fingerprint density at radius 1 is 0.724 bits per heavy atom. The van der Waals surface area contributed by atoms with Crippen molar-refractivity contribution in [1.82, 2.24) is 0 Å². The highest BCUT2D eigenvalue weighted by molar-refractivity contribution is 6.04. The molecule has 0 spiro atoms. The predicted molar refractivity (Wildman–Crippen MR) is 111 cm³/mol. The lowest BCUT2D eigenvalue weighted by Crippen LogP contribution is -2.24. The van der Waals surface area contributed by atoms with Crippen molar-refractivity contribution >= 4 is 11.9 Å². The monoisotopic (exact) mass is 390 g/mol. The number of benzene rings is 2. The fourth-order valence-electron chi connectivity index (χ4n) is 4.64. The third-order valence-electron chi connectivity index (χ3n) is 6.05. The minimum absolute atomic E-state index is 0.0833. The molecule has 2 aromatic rings. The number of carbonyl (C=O) groups is 2. The number of carbonyl (C=O) groups excluding carboxylic acids is 2. The molecule has 29 heavy (non-hydrogen) atoms. The number of hydrogen-bond acceptors (Lipinski definition) is 4. The van der Waals surface area contributed by atoms with Crippen LogP contribution in [0, 0.1) is 39.5 Å². The zero-order chi connectivity index (χ0) is 20.7. The third-order valence-corrected chi connectivity index (χ3v) is 6.05. The molecule has 4 rings (SSSR count). The third kappa shape index (κ3) is 3.71. The molecule has 0 heterocycles. The predicted octanol–water partition coefficient (Wildman–Crippen LogP) is 5.16. The van der Waals surface area contributed by atoms with E-state index >= 15 is 0 Å². The summed E-state index contributed by atoms with van der Waals surface area (Å²) < 4.78 is 11.4. The average molecular weight is 390 g/mol. The van der Waals surface area contributed by atoms with Gasteiger partial charge in [-0.1, -0.05) is 35.4 Å². The number of rotatable bonds is 4. The van der Waals surface area contributed by atoms with E-state index in [2.05, 4.69) is 0 Å². The molecule has 1 fully saturated rings. The van der Waals surface area contributed by atoms with Crippen LogP contribution in [0.2, 0.25) is 0 Å². The maximum absolute atomic E-state index is 13.0. The molecule has 2 aromatic carbocycles. The summed E-state index contributed by atoms with van der Waals surface area (Å²) in [5.74, 6) is 0.407. The fraction of sp³-hybridized carbons (Fsp3) is 0.360. The van der Waals surface area contributed by atoms with E-state index in [0.717, 1.165) is 41.5 Å².